The number of carbonyl (C=O) groups excluding carboxylic acids is 1. The number of aromatic nitrogens is 1. The molecule has 1 unspecified atom stereocenters. The second-order valence-electron chi connectivity index (χ2n) is 9.76. The number of pyridine rings is 1. The Balaban J connectivity index is 1.13. The van der Waals surface area contributed by atoms with Gasteiger partial charge in [0.15, 0.2) is 0 Å². The van der Waals surface area contributed by atoms with Gasteiger partial charge in [-0.05, 0) is 47.0 Å². The van der Waals surface area contributed by atoms with E-state index in [1.165, 1.54) is 0 Å². The summed E-state index contributed by atoms with van der Waals surface area (Å²) < 4.78 is 1.69. The van der Waals surface area contributed by atoms with Crippen LogP contribution < -0.4 is 26.6 Å². The largest absolute Gasteiger partial charge is 0.363 e. The van der Waals surface area contributed by atoms with Gasteiger partial charge in [0, 0.05) is 53.7 Å². The number of fused-ring (bicyclic) bond motifs is 2. The van der Waals surface area contributed by atoms with E-state index in [1.807, 2.05) is 48.5 Å². The maximum absolute atomic E-state index is 13.3. The minimum atomic E-state index is -0.0973. The van der Waals surface area contributed by atoms with E-state index in [9.17, 15) is 9.59 Å². The first-order valence-electron chi connectivity index (χ1n) is 12.9. The molecule has 0 radical (unpaired) electrons. The zero-order chi connectivity index (χ0) is 26.8. The van der Waals surface area contributed by atoms with Gasteiger partial charge in [-0.25, -0.2) is 5.43 Å². The van der Waals surface area contributed by atoms with Gasteiger partial charge in [0.2, 0.25) is 0 Å². The minimum Gasteiger partial charge on any atom is -0.363 e. The SMILES string of the molecule is O=C(NCC1NNc2ccc(Cl)cc21)C1=CCN(Cc2ccc(Cn3ccccc3=O)cc2)c2ccccc21. The first kappa shape index (κ1) is 25.0. The molecule has 196 valence electrons. The highest BCUT2D eigenvalue weighted by atomic mass is 35.5. The van der Waals surface area contributed by atoms with Crippen molar-refractivity contribution in [3.63, 3.8) is 0 Å². The molecule has 0 spiro atoms. The van der Waals surface area contributed by atoms with Crippen LogP contribution in [0.3, 0.4) is 0 Å². The molecule has 2 aliphatic rings. The van der Waals surface area contributed by atoms with Crippen LogP contribution in [0, 0.1) is 0 Å². The molecule has 3 heterocycles. The Labute approximate surface area is 231 Å². The van der Waals surface area contributed by atoms with E-state index in [4.69, 9.17) is 11.6 Å². The maximum Gasteiger partial charge on any atom is 0.251 e. The predicted molar refractivity (Wildman–Crippen MR) is 156 cm³/mol. The Morgan fingerprint density at radius 3 is 2.54 bits per heavy atom. The van der Waals surface area contributed by atoms with Crippen molar-refractivity contribution in [3.05, 3.63) is 135 Å². The number of hydrazine groups is 1. The molecule has 0 saturated heterocycles. The van der Waals surface area contributed by atoms with Gasteiger partial charge in [-0.1, -0.05) is 66.2 Å². The summed E-state index contributed by atoms with van der Waals surface area (Å²) in [5.74, 6) is -0.0973. The van der Waals surface area contributed by atoms with Crippen LogP contribution in [0.25, 0.3) is 5.57 Å². The molecule has 0 saturated carbocycles. The fourth-order valence-electron chi connectivity index (χ4n) is 5.14. The third-order valence-electron chi connectivity index (χ3n) is 7.18. The predicted octanol–water partition coefficient (Wildman–Crippen LogP) is 4.74. The van der Waals surface area contributed by atoms with E-state index in [1.54, 1.807) is 22.9 Å². The lowest BCUT2D eigenvalue weighted by molar-refractivity contribution is -0.115. The first-order chi connectivity index (χ1) is 19.0. The lowest BCUT2D eigenvalue weighted by atomic mass is 9.97. The van der Waals surface area contributed by atoms with E-state index in [0.29, 0.717) is 36.8 Å². The fraction of sp³-hybridized carbons (Fsp3) is 0.161. The van der Waals surface area contributed by atoms with Crippen LogP contribution >= 0.6 is 11.6 Å². The topological polar surface area (TPSA) is 78.4 Å². The first-order valence-corrected chi connectivity index (χ1v) is 13.3. The summed E-state index contributed by atoms with van der Waals surface area (Å²) in [4.78, 5) is 27.6. The van der Waals surface area contributed by atoms with E-state index >= 15 is 0 Å². The highest BCUT2D eigenvalue weighted by Gasteiger charge is 2.26. The second-order valence-corrected chi connectivity index (χ2v) is 10.2. The highest BCUT2D eigenvalue weighted by Crippen LogP contribution is 2.33. The molecule has 3 N–H and O–H groups in total. The molecule has 1 amide bonds. The summed E-state index contributed by atoms with van der Waals surface area (Å²) in [5, 5.41) is 3.76. The molecule has 7 nitrogen and oxygen atoms in total. The van der Waals surface area contributed by atoms with Crippen molar-refractivity contribution in [2.75, 3.05) is 23.4 Å². The molecule has 0 fully saturated rings. The number of hydrogen-bond donors (Lipinski definition) is 3. The van der Waals surface area contributed by atoms with Crippen LogP contribution in [-0.4, -0.2) is 23.6 Å². The Bertz CT molecular complexity index is 1610. The van der Waals surface area contributed by atoms with Crippen molar-refractivity contribution in [1.29, 1.82) is 0 Å². The molecule has 4 aromatic rings. The van der Waals surface area contributed by atoms with Gasteiger partial charge in [-0.3, -0.25) is 9.59 Å². The number of nitrogens with one attached hydrogen (secondary N) is 3. The van der Waals surface area contributed by atoms with Crippen LogP contribution in [0.15, 0.2) is 102 Å². The van der Waals surface area contributed by atoms with Gasteiger partial charge in [-0.2, -0.15) is 0 Å². The van der Waals surface area contributed by atoms with Gasteiger partial charge < -0.3 is 20.2 Å². The number of benzene rings is 3. The molecular formula is C31H28ClN5O2. The van der Waals surface area contributed by atoms with Crippen LogP contribution in [0.4, 0.5) is 11.4 Å². The number of carbonyl (C=O) groups is 1. The third kappa shape index (κ3) is 5.32. The summed E-state index contributed by atoms with van der Waals surface area (Å²) in [6, 6.07) is 27.2. The standard InChI is InChI=1S/C31H28ClN5O2/c32-23-12-13-27-26(17-23)28(35-34-27)18-33-31(39)25-14-16-36(29-6-2-1-5-24(25)29)19-21-8-10-22(11-9-21)20-37-15-4-3-7-30(37)38/h1-15,17,28,34-35H,16,18-20H2,(H,33,39). The third-order valence-corrected chi connectivity index (χ3v) is 7.42. The van der Waals surface area contributed by atoms with E-state index in [-0.39, 0.29) is 17.5 Å². The zero-order valence-corrected chi connectivity index (χ0v) is 22.0. The van der Waals surface area contributed by atoms with Crippen LogP contribution in [0.2, 0.25) is 5.02 Å². The summed E-state index contributed by atoms with van der Waals surface area (Å²) in [6.07, 6.45) is 3.80. The quantitative estimate of drug-likeness (QED) is 0.317. The number of amides is 1. The summed E-state index contributed by atoms with van der Waals surface area (Å²) in [5.41, 5.74) is 13.2. The van der Waals surface area contributed by atoms with Gasteiger partial charge in [-0.15, -0.1) is 0 Å². The lowest BCUT2D eigenvalue weighted by Crippen LogP contribution is -2.35. The number of rotatable bonds is 7. The summed E-state index contributed by atoms with van der Waals surface area (Å²) >= 11 is 6.18. The van der Waals surface area contributed by atoms with Gasteiger partial charge in [0.05, 0.1) is 18.3 Å². The molecule has 1 aromatic heterocycles. The molecule has 8 heteroatoms. The van der Waals surface area contributed by atoms with Crippen molar-refractivity contribution >= 4 is 34.5 Å². The molecule has 0 bridgehead atoms. The smallest absolute Gasteiger partial charge is 0.251 e. The molecular weight excluding hydrogens is 510 g/mol. The van der Waals surface area contributed by atoms with Gasteiger partial charge in [0.25, 0.3) is 11.5 Å². The van der Waals surface area contributed by atoms with Gasteiger partial charge >= 0.3 is 0 Å². The maximum atomic E-state index is 13.3. The molecule has 3 aromatic carbocycles. The monoisotopic (exact) mass is 537 g/mol. The zero-order valence-electron chi connectivity index (χ0n) is 21.2. The van der Waals surface area contributed by atoms with Crippen molar-refractivity contribution < 1.29 is 4.79 Å². The average Bonchev–Trinajstić information content (AvgIpc) is 3.36. The Morgan fingerprint density at radius 1 is 0.949 bits per heavy atom. The number of hydrogen-bond acceptors (Lipinski definition) is 5. The number of halogens is 1. The Morgan fingerprint density at radius 2 is 1.72 bits per heavy atom. The van der Waals surface area contributed by atoms with Gasteiger partial charge in [0.1, 0.15) is 0 Å². The summed E-state index contributed by atoms with van der Waals surface area (Å²) in [6.45, 7) is 2.31. The number of anilines is 2. The second kappa shape index (κ2) is 10.8. The molecule has 39 heavy (non-hydrogen) atoms. The molecule has 2 aliphatic heterocycles. The van der Waals surface area contributed by atoms with E-state index < -0.39 is 0 Å². The van der Waals surface area contributed by atoms with Crippen molar-refractivity contribution in [2.45, 2.75) is 19.1 Å². The number of para-hydroxylation sites is 1. The highest BCUT2D eigenvalue weighted by molar-refractivity contribution is 6.30. The average molecular weight is 538 g/mol. The minimum absolute atomic E-state index is 0.0106. The molecule has 1 atom stereocenters. The van der Waals surface area contributed by atoms with E-state index in [0.717, 1.165) is 33.6 Å². The van der Waals surface area contributed by atoms with Crippen LogP contribution in [0.5, 0.6) is 0 Å². The fourth-order valence-corrected chi connectivity index (χ4v) is 5.32. The Hall–Kier alpha value is -4.33. The summed E-state index contributed by atoms with van der Waals surface area (Å²) in [7, 11) is 0. The molecule has 6 rings (SSSR count). The van der Waals surface area contributed by atoms with Crippen molar-refractivity contribution in [2.24, 2.45) is 0 Å². The Kier molecular flexibility index (Phi) is 6.92. The normalized spacial score (nSPS) is 15.7. The van der Waals surface area contributed by atoms with Crippen LogP contribution in [0.1, 0.15) is 28.3 Å². The van der Waals surface area contributed by atoms with Crippen molar-refractivity contribution in [3.8, 4) is 0 Å². The van der Waals surface area contributed by atoms with E-state index in [2.05, 4.69) is 51.4 Å². The van der Waals surface area contributed by atoms with Crippen molar-refractivity contribution in [1.82, 2.24) is 15.3 Å². The number of nitrogens with zero attached hydrogens (tertiary/aromatic N) is 2. The molecule has 0 aliphatic carbocycles. The lowest BCUT2D eigenvalue weighted by Gasteiger charge is -2.31. The van der Waals surface area contributed by atoms with Crippen LogP contribution in [-0.2, 0) is 17.9 Å².